The zero-order valence-corrected chi connectivity index (χ0v) is 11.6. The SMILES string of the molecule is CC1(C)CC(NCc2ccccc2)(C(N)=O)CCO1. The number of nitrogens with two attached hydrogens (primary N) is 1. The summed E-state index contributed by atoms with van der Waals surface area (Å²) in [4.78, 5) is 11.9. The molecule has 0 radical (unpaired) electrons. The normalized spacial score (nSPS) is 26.0. The minimum absolute atomic E-state index is 0.292. The molecule has 0 spiro atoms. The third kappa shape index (κ3) is 3.33. The lowest BCUT2D eigenvalue weighted by Crippen LogP contribution is -2.61. The van der Waals surface area contributed by atoms with E-state index in [1.807, 2.05) is 44.2 Å². The zero-order chi connectivity index (χ0) is 13.9. The Morgan fingerprint density at radius 3 is 2.63 bits per heavy atom. The van der Waals surface area contributed by atoms with Crippen molar-refractivity contribution in [1.29, 1.82) is 0 Å². The van der Waals surface area contributed by atoms with Gasteiger partial charge < -0.3 is 10.5 Å². The number of rotatable bonds is 4. The fourth-order valence-corrected chi connectivity index (χ4v) is 2.68. The van der Waals surface area contributed by atoms with E-state index in [1.165, 1.54) is 0 Å². The molecule has 1 fully saturated rings. The molecular formula is C15H22N2O2. The number of benzene rings is 1. The predicted octanol–water partition coefficient (Wildman–Crippen LogP) is 1.59. The Morgan fingerprint density at radius 2 is 2.05 bits per heavy atom. The monoisotopic (exact) mass is 262 g/mol. The van der Waals surface area contributed by atoms with E-state index in [-0.39, 0.29) is 11.5 Å². The lowest BCUT2D eigenvalue weighted by molar-refractivity contribution is -0.138. The van der Waals surface area contributed by atoms with Crippen LogP contribution in [0.4, 0.5) is 0 Å². The quantitative estimate of drug-likeness (QED) is 0.866. The van der Waals surface area contributed by atoms with Crippen LogP contribution in [0.15, 0.2) is 30.3 Å². The van der Waals surface area contributed by atoms with Crippen molar-refractivity contribution in [2.45, 2.75) is 44.4 Å². The van der Waals surface area contributed by atoms with Gasteiger partial charge in [0.1, 0.15) is 5.54 Å². The van der Waals surface area contributed by atoms with Crippen LogP contribution in [0.1, 0.15) is 32.3 Å². The van der Waals surface area contributed by atoms with Crippen molar-refractivity contribution in [1.82, 2.24) is 5.32 Å². The number of hydrogen-bond acceptors (Lipinski definition) is 3. The molecule has 0 aliphatic carbocycles. The number of nitrogens with one attached hydrogen (secondary N) is 1. The maximum absolute atomic E-state index is 11.9. The van der Waals surface area contributed by atoms with Gasteiger partial charge in [0, 0.05) is 19.6 Å². The molecular weight excluding hydrogens is 240 g/mol. The highest BCUT2D eigenvalue weighted by molar-refractivity contribution is 5.85. The molecule has 1 amide bonds. The number of carbonyl (C=O) groups excluding carboxylic acids is 1. The van der Waals surface area contributed by atoms with E-state index in [1.54, 1.807) is 0 Å². The van der Waals surface area contributed by atoms with Crippen LogP contribution in [0.2, 0.25) is 0 Å². The van der Waals surface area contributed by atoms with Gasteiger partial charge in [0.2, 0.25) is 5.91 Å². The van der Waals surface area contributed by atoms with Gasteiger partial charge in [0.25, 0.3) is 0 Å². The van der Waals surface area contributed by atoms with Crippen LogP contribution in [0.25, 0.3) is 0 Å². The van der Waals surface area contributed by atoms with E-state index >= 15 is 0 Å². The smallest absolute Gasteiger partial charge is 0.237 e. The van der Waals surface area contributed by atoms with Gasteiger partial charge >= 0.3 is 0 Å². The molecule has 1 aromatic carbocycles. The van der Waals surface area contributed by atoms with Crippen LogP contribution in [0, 0.1) is 0 Å². The van der Waals surface area contributed by atoms with Crippen LogP contribution in [0.5, 0.6) is 0 Å². The van der Waals surface area contributed by atoms with Gasteiger partial charge in [-0.25, -0.2) is 0 Å². The third-order valence-corrected chi connectivity index (χ3v) is 3.69. The average molecular weight is 262 g/mol. The summed E-state index contributed by atoms with van der Waals surface area (Å²) < 4.78 is 5.68. The predicted molar refractivity (Wildman–Crippen MR) is 74.5 cm³/mol. The van der Waals surface area contributed by atoms with Gasteiger partial charge in [-0.1, -0.05) is 30.3 Å². The van der Waals surface area contributed by atoms with E-state index in [4.69, 9.17) is 10.5 Å². The first kappa shape index (κ1) is 14.0. The van der Waals surface area contributed by atoms with Crippen LogP contribution >= 0.6 is 0 Å². The first-order valence-corrected chi connectivity index (χ1v) is 6.66. The Balaban J connectivity index is 2.10. The molecule has 4 heteroatoms. The molecule has 104 valence electrons. The Morgan fingerprint density at radius 1 is 1.37 bits per heavy atom. The van der Waals surface area contributed by atoms with Gasteiger partial charge in [-0.3, -0.25) is 10.1 Å². The molecule has 1 unspecified atom stereocenters. The second kappa shape index (κ2) is 5.31. The van der Waals surface area contributed by atoms with Gasteiger partial charge in [-0.15, -0.1) is 0 Å². The van der Waals surface area contributed by atoms with Gasteiger partial charge in [-0.2, -0.15) is 0 Å². The largest absolute Gasteiger partial charge is 0.375 e. The van der Waals surface area contributed by atoms with E-state index in [0.717, 1.165) is 5.56 Å². The first-order valence-electron chi connectivity index (χ1n) is 6.66. The summed E-state index contributed by atoms with van der Waals surface area (Å²) in [6.45, 7) is 5.18. The highest BCUT2D eigenvalue weighted by Crippen LogP contribution is 2.32. The Labute approximate surface area is 114 Å². The summed E-state index contributed by atoms with van der Waals surface area (Å²) in [6.07, 6.45) is 1.22. The van der Waals surface area contributed by atoms with Gasteiger partial charge in [0.05, 0.1) is 5.60 Å². The van der Waals surface area contributed by atoms with Crippen LogP contribution in [0.3, 0.4) is 0 Å². The van der Waals surface area contributed by atoms with E-state index < -0.39 is 5.54 Å². The summed E-state index contributed by atoms with van der Waals surface area (Å²) in [6, 6.07) is 10.0. The third-order valence-electron chi connectivity index (χ3n) is 3.69. The van der Waals surface area contributed by atoms with E-state index in [0.29, 0.717) is 26.0 Å². The molecule has 4 nitrogen and oxygen atoms in total. The summed E-state index contributed by atoms with van der Waals surface area (Å²) in [7, 11) is 0. The van der Waals surface area contributed by atoms with Crippen molar-refractivity contribution in [2.75, 3.05) is 6.61 Å². The lowest BCUT2D eigenvalue weighted by atomic mass is 9.80. The number of carbonyl (C=O) groups is 1. The molecule has 1 saturated heterocycles. The number of primary amides is 1. The summed E-state index contributed by atoms with van der Waals surface area (Å²) >= 11 is 0. The van der Waals surface area contributed by atoms with Crippen molar-refractivity contribution < 1.29 is 9.53 Å². The topological polar surface area (TPSA) is 64.3 Å². The molecule has 1 aliphatic rings. The molecule has 19 heavy (non-hydrogen) atoms. The second-order valence-corrected chi connectivity index (χ2v) is 5.82. The number of ether oxygens (including phenoxy) is 1. The molecule has 1 aromatic rings. The molecule has 1 atom stereocenters. The maximum atomic E-state index is 11.9. The molecule has 1 aliphatic heterocycles. The van der Waals surface area contributed by atoms with Crippen molar-refractivity contribution in [3.63, 3.8) is 0 Å². The molecule has 3 N–H and O–H groups in total. The van der Waals surface area contributed by atoms with Crippen molar-refractivity contribution in [3.05, 3.63) is 35.9 Å². The minimum Gasteiger partial charge on any atom is -0.375 e. The summed E-state index contributed by atoms with van der Waals surface area (Å²) in [5, 5.41) is 3.35. The lowest BCUT2D eigenvalue weighted by Gasteiger charge is -2.43. The summed E-state index contributed by atoms with van der Waals surface area (Å²) in [5.74, 6) is -0.292. The van der Waals surface area contributed by atoms with Crippen LogP contribution in [-0.2, 0) is 16.1 Å². The van der Waals surface area contributed by atoms with E-state index in [9.17, 15) is 4.79 Å². The van der Waals surface area contributed by atoms with E-state index in [2.05, 4.69) is 5.32 Å². The van der Waals surface area contributed by atoms with Crippen molar-refractivity contribution in [2.24, 2.45) is 5.73 Å². The van der Waals surface area contributed by atoms with Gasteiger partial charge in [0.15, 0.2) is 0 Å². The van der Waals surface area contributed by atoms with Gasteiger partial charge in [-0.05, 0) is 25.8 Å². The second-order valence-electron chi connectivity index (χ2n) is 5.82. The number of amides is 1. The standard InChI is InChI=1S/C15H22N2O2/c1-14(2)11-15(13(16)18,8-9-19-14)17-10-12-6-4-3-5-7-12/h3-7,17H,8-11H2,1-2H3,(H2,16,18). The molecule has 2 rings (SSSR count). The van der Waals surface area contributed by atoms with Crippen LogP contribution < -0.4 is 11.1 Å². The first-order chi connectivity index (χ1) is 8.94. The number of hydrogen-bond donors (Lipinski definition) is 2. The maximum Gasteiger partial charge on any atom is 0.237 e. The average Bonchev–Trinajstić information content (AvgIpc) is 2.36. The van der Waals surface area contributed by atoms with Crippen LogP contribution in [-0.4, -0.2) is 23.7 Å². The fourth-order valence-electron chi connectivity index (χ4n) is 2.68. The highest BCUT2D eigenvalue weighted by atomic mass is 16.5. The minimum atomic E-state index is -0.669. The van der Waals surface area contributed by atoms with Crippen molar-refractivity contribution in [3.8, 4) is 0 Å². The fraction of sp³-hybridized carbons (Fsp3) is 0.533. The summed E-state index contributed by atoms with van der Waals surface area (Å²) in [5.41, 5.74) is 5.78. The Kier molecular flexibility index (Phi) is 3.92. The highest BCUT2D eigenvalue weighted by Gasteiger charge is 2.44. The molecule has 0 aromatic heterocycles. The zero-order valence-electron chi connectivity index (χ0n) is 11.6. The molecule has 0 saturated carbocycles. The van der Waals surface area contributed by atoms with Crippen molar-refractivity contribution >= 4 is 5.91 Å². The molecule has 1 heterocycles. The Hall–Kier alpha value is -1.39. The Bertz CT molecular complexity index is 445. The molecule has 0 bridgehead atoms.